The Morgan fingerprint density at radius 1 is 1.40 bits per heavy atom. The van der Waals surface area contributed by atoms with Crippen molar-refractivity contribution in [3.63, 3.8) is 0 Å². The quantitative estimate of drug-likeness (QED) is 0.835. The topological polar surface area (TPSA) is 52.6 Å². The number of rotatable bonds is 6. The van der Waals surface area contributed by atoms with E-state index in [2.05, 4.69) is 40.0 Å². The van der Waals surface area contributed by atoms with E-state index in [0.29, 0.717) is 16.0 Å². The van der Waals surface area contributed by atoms with Crippen molar-refractivity contribution in [1.82, 2.24) is 10.2 Å². The van der Waals surface area contributed by atoms with Gasteiger partial charge in [0, 0.05) is 18.2 Å². The molecule has 0 radical (unpaired) electrons. The lowest BCUT2D eigenvalue weighted by molar-refractivity contribution is 0.0924. The minimum absolute atomic E-state index is 0.0747. The smallest absolute Gasteiger partial charge is 0.251 e. The number of amides is 1. The molecule has 0 saturated heterocycles. The molecule has 1 aromatic carbocycles. The van der Waals surface area contributed by atoms with Gasteiger partial charge in [-0.25, -0.2) is 0 Å². The summed E-state index contributed by atoms with van der Waals surface area (Å²) in [4.78, 5) is 14.3. The number of likely N-dealkylation sites (N-methyl/N-ethyl adjacent to an activating group) is 1. The Morgan fingerprint density at radius 3 is 2.55 bits per heavy atom. The fourth-order valence-electron chi connectivity index (χ4n) is 2.11. The number of halogens is 1. The molecule has 0 aliphatic heterocycles. The Kier molecular flexibility index (Phi) is 6.49. The highest BCUT2D eigenvalue weighted by molar-refractivity contribution is 9.10. The third kappa shape index (κ3) is 5.51. The van der Waals surface area contributed by atoms with Gasteiger partial charge in [0.2, 0.25) is 0 Å². The number of phenolic OH excluding ortho intramolecular Hbond substituents is 1. The SMILES string of the molecule is CC(C)CC(CN(C)C)NC(=O)c1ccc(Br)c(O)c1. The molecule has 0 saturated carbocycles. The summed E-state index contributed by atoms with van der Waals surface area (Å²) in [6.07, 6.45) is 0.923. The third-order valence-electron chi connectivity index (χ3n) is 2.88. The first kappa shape index (κ1) is 17.0. The molecule has 4 nitrogen and oxygen atoms in total. The van der Waals surface area contributed by atoms with Crippen LogP contribution in [0.2, 0.25) is 0 Å². The number of nitrogens with zero attached hydrogens (tertiary/aromatic N) is 1. The summed E-state index contributed by atoms with van der Waals surface area (Å²) >= 11 is 3.21. The molecule has 1 amide bonds. The summed E-state index contributed by atoms with van der Waals surface area (Å²) in [5.74, 6) is 0.435. The molecule has 1 unspecified atom stereocenters. The average Bonchev–Trinajstić information content (AvgIpc) is 2.30. The maximum atomic E-state index is 12.2. The van der Waals surface area contributed by atoms with Crippen molar-refractivity contribution < 1.29 is 9.90 Å². The van der Waals surface area contributed by atoms with Gasteiger partial charge < -0.3 is 15.3 Å². The number of carbonyl (C=O) groups excluding carboxylic acids is 1. The van der Waals surface area contributed by atoms with Crippen LogP contribution in [0.3, 0.4) is 0 Å². The van der Waals surface area contributed by atoms with Gasteiger partial charge >= 0.3 is 0 Å². The lowest BCUT2D eigenvalue weighted by atomic mass is 10.0. The summed E-state index contributed by atoms with van der Waals surface area (Å²) in [7, 11) is 3.98. The molecule has 0 fully saturated rings. The molecule has 20 heavy (non-hydrogen) atoms. The van der Waals surface area contributed by atoms with Gasteiger partial charge in [0.05, 0.1) is 4.47 Å². The molecule has 2 N–H and O–H groups in total. The third-order valence-corrected chi connectivity index (χ3v) is 3.56. The molecular formula is C15H23BrN2O2. The number of hydrogen-bond acceptors (Lipinski definition) is 3. The van der Waals surface area contributed by atoms with Crippen LogP contribution in [-0.2, 0) is 0 Å². The monoisotopic (exact) mass is 342 g/mol. The summed E-state index contributed by atoms with van der Waals surface area (Å²) in [6.45, 7) is 5.08. The molecule has 0 aliphatic carbocycles. The van der Waals surface area contributed by atoms with E-state index in [1.54, 1.807) is 12.1 Å². The van der Waals surface area contributed by atoms with E-state index < -0.39 is 0 Å². The number of carbonyl (C=O) groups is 1. The van der Waals surface area contributed by atoms with Gasteiger partial charge in [0.15, 0.2) is 0 Å². The predicted octanol–water partition coefficient (Wildman–Crippen LogP) is 2.86. The van der Waals surface area contributed by atoms with Crippen LogP contribution in [0.4, 0.5) is 0 Å². The van der Waals surface area contributed by atoms with Gasteiger partial charge in [-0.05, 0) is 60.6 Å². The normalized spacial score (nSPS) is 12.8. The Bertz CT molecular complexity index is 451. The average molecular weight is 343 g/mol. The van der Waals surface area contributed by atoms with E-state index >= 15 is 0 Å². The van der Waals surface area contributed by atoms with Crippen molar-refractivity contribution in [1.29, 1.82) is 0 Å². The van der Waals surface area contributed by atoms with Crippen LogP contribution in [0.5, 0.6) is 5.75 Å². The summed E-state index contributed by atoms with van der Waals surface area (Å²) in [6, 6.07) is 4.94. The summed E-state index contributed by atoms with van der Waals surface area (Å²) in [5.41, 5.74) is 0.471. The van der Waals surface area contributed by atoms with Crippen LogP contribution < -0.4 is 5.32 Å². The summed E-state index contributed by atoms with van der Waals surface area (Å²) < 4.78 is 0.584. The van der Waals surface area contributed by atoms with E-state index in [0.717, 1.165) is 13.0 Å². The second-order valence-electron chi connectivity index (χ2n) is 5.73. The van der Waals surface area contributed by atoms with Crippen molar-refractivity contribution >= 4 is 21.8 Å². The second kappa shape index (κ2) is 7.64. The van der Waals surface area contributed by atoms with Gasteiger partial charge in [-0.3, -0.25) is 4.79 Å². The molecule has 1 aromatic rings. The first-order valence-corrected chi connectivity index (χ1v) is 7.53. The number of aromatic hydroxyl groups is 1. The molecule has 0 spiro atoms. The molecule has 0 aliphatic rings. The molecule has 112 valence electrons. The zero-order chi connectivity index (χ0) is 15.3. The van der Waals surface area contributed by atoms with Crippen LogP contribution in [0, 0.1) is 5.92 Å². The number of nitrogens with one attached hydrogen (secondary N) is 1. The van der Waals surface area contributed by atoms with Crippen LogP contribution in [0.25, 0.3) is 0 Å². The minimum Gasteiger partial charge on any atom is -0.507 e. The molecule has 0 heterocycles. The molecule has 0 bridgehead atoms. The number of hydrogen-bond donors (Lipinski definition) is 2. The Labute approximate surface area is 129 Å². The Morgan fingerprint density at radius 2 is 2.05 bits per heavy atom. The van der Waals surface area contributed by atoms with Crippen molar-refractivity contribution in [2.75, 3.05) is 20.6 Å². The molecular weight excluding hydrogens is 320 g/mol. The van der Waals surface area contributed by atoms with Crippen molar-refractivity contribution in [2.24, 2.45) is 5.92 Å². The van der Waals surface area contributed by atoms with E-state index in [-0.39, 0.29) is 17.7 Å². The van der Waals surface area contributed by atoms with Gasteiger partial charge in [-0.1, -0.05) is 13.8 Å². The fraction of sp³-hybridized carbons (Fsp3) is 0.533. The standard InChI is InChI=1S/C15H23BrN2O2/c1-10(2)7-12(9-18(3)4)17-15(20)11-5-6-13(16)14(19)8-11/h5-6,8,10,12,19H,7,9H2,1-4H3,(H,17,20). The van der Waals surface area contributed by atoms with E-state index in [1.807, 2.05) is 14.1 Å². The van der Waals surface area contributed by atoms with E-state index in [4.69, 9.17) is 0 Å². The lowest BCUT2D eigenvalue weighted by Gasteiger charge is -2.24. The maximum absolute atomic E-state index is 12.2. The zero-order valence-electron chi connectivity index (χ0n) is 12.5. The van der Waals surface area contributed by atoms with Crippen LogP contribution in [0.15, 0.2) is 22.7 Å². The maximum Gasteiger partial charge on any atom is 0.251 e. The molecule has 1 rings (SSSR count). The van der Waals surface area contributed by atoms with Gasteiger partial charge in [0.25, 0.3) is 5.91 Å². The van der Waals surface area contributed by atoms with Crippen LogP contribution >= 0.6 is 15.9 Å². The van der Waals surface area contributed by atoms with Crippen LogP contribution in [-0.4, -0.2) is 42.6 Å². The predicted molar refractivity (Wildman–Crippen MR) is 85.1 cm³/mol. The van der Waals surface area contributed by atoms with Crippen molar-refractivity contribution in [3.05, 3.63) is 28.2 Å². The molecule has 5 heteroatoms. The minimum atomic E-state index is -0.152. The Hall–Kier alpha value is -1.07. The number of phenols is 1. The first-order chi connectivity index (χ1) is 9.29. The molecule has 1 atom stereocenters. The zero-order valence-corrected chi connectivity index (χ0v) is 14.1. The number of benzene rings is 1. The van der Waals surface area contributed by atoms with E-state index in [1.165, 1.54) is 6.07 Å². The highest BCUT2D eigenvalue weighted by Gasteiger charge is 2.16. The Balaban J connectivity index is 2.76. The van der Waals surface area contributed by atoms with Crippen molar-refractivity contribution in [2.45, 2.75) is 26.3 Å². The van der Waals surface area contributed by atoms with Gasteiger partial charge in [0.1, 0.15) is 5.75 Å². The highest BCUT2D eigenvalue weighted by Crippen LogP contribution is 2.24. The van der Waals surface area contributed by atoms with Gasteiger partial charge in [-0.2, -0.15) is 0 Å². The lowest BCUT2D eigenvalue weighted by Crippen LogP contribution is -2.42. The fourth-order valence-corrected chi connectivity index (χ4v) is 2.36. The van der Waals surface area contributed by atoms with Crippen LogP contribution in [0.1, 0.15) is 30.6 Å². The first-order valence-electron chi connectivity index (χ1n) is 6.73. The highest BCUT2D eigenvalue weighted by atomic mass is 79.9. The largest absolute Gasteiger partial charge is 0.507 e. The van der Waals surface area contributed by atoms with Crippen molar-refractivity contribution in [3.8, 4) is 5.75 Å². The van der Waals surface area contributed by atoms with Gasteiger partial charge in [-0.15, -0.1) is 0 Å². The second-order valence-corrected chi connectivity index (χ2v) is 6.58. The van der Waals surface area contributed by atoms with E-state index in [9.17, 15) is 9.90 Å². The molecule has 0 aromatic heterocycles. The summed E-state index contributed by atoms with van der Waals surface area (Å²) in [5, 5.41) is 12.7.